The number of carbonyl (C=O) groups is 1. The van der Waals surface area contributed by atoms with Gasteiger partial charge in [-0.25, -0.2) is 4.98 Å². The minimum absolute atomic E-state index is 0.0538. The minimum Gasteiger partial charge on any atom is -0.441 e. The highest BCUT2D eigenvalue weighted by Gasteiger charge is 2.25. The first-order valence-corrected chi connectivity index (χ1v) is 11.3. The number of amides is 1. The number of fused-ring (bicyclic) bond motifs is 2. The largest absolute Gasteiger partial charge is 0.441 e. The molecule has 3 aliphatic rings. The summed E-state index contributed by atoms with van der Waals surface area (Å²) in [6.45, 7) is 9.18. The number of carbonyl (C=O) groups excluding carboxylic acids is 1. The summed E-state index contributed by atoms with van der Waals surface area (Å²) in [5.74, 6) is 0.779. The maximum Gasteiger partial charge on any atom is 0.255 e. The molecule has 1 aromatic heterocycles. The molecule has 0 bridgehead atoms. The number of hydrogen-bond donors (Lipinski definition) is 0. The number of hydrogen-bond acceptors (Lipinski definition) is 5. The zero-order valence-corrected chi connectivity index (χ0v) is 18.8. The molecule has 0 aliphatic carbocycles. The van der Waals surface area contributed by atoms with Crippen LogP contribution in [-0.2, 0) is 4.79 Å². The lowest BCUT2D eigenvalue weighted by atomic mass is 9.89. The molecule has 0 radical (unpaired) electrons. The molecule has 32 heavy (non-hydrogen) atoms. The highest BCUT2D eigenvalue weighted by atomic mass is 16.3. The van der Waals surface area contributed by atoms with Gasteiger partial charge in [0.05, 0.1) is 17.6 Å². The van der Waals surface area contributed by atoms with Crippen LogP contribution in [0.2, 0.25) is 0 Å². The highest BCUT2D eigenvalue weighted by molar-refractivity contribution is 6.02. The fourth-order valence-electron chi connectivity index (χ4n) is 4.52. The van der Waals surface area contributed by atoms with E-state index in [1.165, 1.54) is 5.57 Å². The van der Waals surface area contributed by atoms with Crippen molar-refractivity contribution >= 4 is 28.8 Å². The van der Waals surface area contributed by atoms with Gasteiger partial charge < -0.3 is 4.42 Å². The molecule has 4 heterocycles. The van der Waals surface area contributed by atoms with E-state index in [1.807, 2.05) is 37.5 Å². The zero-order valence-electron chi connectivity index (χ0n) is 18.8. The third-order valence-corrected chi connectivity index (χ3v) is 6.49. The van der Waals surface area contributed by atoms with Crippen LogP contribution >= 0.6 is 0 Å². The number of allylic oxidation sites excluding steroid dienone is 4. The minimum atomic E-state index is -0.0538. The standard InChI is InChI=1S/C26H28N4O2/c1-4-29-11-9-19(10-12-29)24-16-30-21(15-27-24)7-5-17(2)22(14-26(30)31)20-6-8-23-25(13-20)32-18(3)28-23/h6-9,13-17H,4-5,10-12H2,1-3H3. The predicted molar refractivity (Wildman–Crippen MR) is 127 cm³/mol. The van der Waals surface area contributed by atoms with E-state index in [0.29, 0.717) is 5.89 Å². The third-order valence-electron chi connectivity index (χ3n) is 6.49. The van der Waals surface area contributed by atoms with Gasteiger partial charge in [-0.3, -0.25) is 19.6 Å². The summed E-state index contributed by atoms with van der Waals surface area (Å²) in [5.41, 5.74) is 6.52. The Morgan fingerprint density at radius 2 is 2.12 bits per heavy atom. The molecule has 0 spiro atoms. The fourth-order valence-corrected chi connectivity index (χ4v) is 4.52. The molecule has 6 heteroatoms. The van der Waals surface area contributed by atoms with Crippen molar-refractivity contribution in [3.8, 4) is 0 Å². The van der Waals surface area contributed by atoms with Crippen LogP contribution in [0, 0.1) is 12.8 Å². The van der Waals surface area contributed by atoms with E-state index < -0.39 is 0 Å². The van der Waals surface area contributed by atoms with Crippen LogP contribution in [0.1, 0.15) is 38.1 Å². The lowest BCUT2D eigenvalue weighted by Gasteiger charge is -2.29. The molecule has 164 valence electrons. The van der Waals surface area contributed by atoms with Crippen molar-refractivity contribution in [2.45, 2.75) is 33.6 Å². The van der Waals surface area contributed by atoms with Gasteiger partial charge in [-0.15, -0.1) is 0 Å². The molecular weight excluding hydrogens is 400 g/mol. The topological polar surface area (TPSA) is 61.9 Å². The second kappa shape index (κ2) is 8.36. The molecule has 0 N–H and O–H groups in total. The molecule has 1 aromatic carbocycles. The average molecular weight is 429 g/mol. The first-order chi connectivity index (χ1) is 15.5. The zero-order chi connectivity index (χ0) is 22.2. The Labute approximate surface area is 188 Å². The predicted octanol–water partition coefficient (Wildman–Crippen LogP) is 4.85. The van der Waals surface area contributed by atoms with Crippen molar-refractivity contribution < 1.29 is 9.21 Å². The molecule has 6 nitrogen and oxygen atoms in total. The van der Waals surface area contributed by atoms with Gasteiger partial charge in [-0.05, 0) is 54.1 Å². The fraction of sp³-hybridized carbons (Fsp3) is 0.346. The smallest absolute Gasteiger partial charge is 0.255 e. The molecule has 0 saturated carbocycles. The van der Waals surface area contributed by atoms with Crippen molar-refractivity contribution in [2.75, 3.05) is 19.6 Å². The Hall–Kier alpha value is -3.25. The van der Waals surface area contributed by atoms with E-state index in [1.54, 1.807) is 11.0 Å². The monoisotopic (exact) mass is 428 g/mol. The average Bonchev–Trinajstić information content (AvgIpc) is 3.19. The van der Waals surface area contributed by atoms with E-state index in [9.17, 15) is 4.79 Å². The summed E-state index contributed by atoms with van der Waals surface area (Å²) in [5, 5.41) is 0. The quantitative estimate of drug-likeness (QED) is 0.701. The van der Waals surface area contributed by atoms with Gasteiger partial charge in [-0.2, -0.15) is 0 Å². The number of aromatic nitrogens is 1. The molecule has 2 aromatic rings. The van der Waals surface area contributed by atoms with Crippen LogP contribution in [0.25, 0.3) is 16.7 Å². The van der Waals surface area contributed by atoms with Crippen molar-refractivity contribution in [2.24, 2.45) is 10.9 Å². The number of likely N-dealkylation sites (N-methyl/N-ethyl adjacent to an activating group) is 1. The van der Waals surface area contributed by atoms with Crippen LogP contribution in [0.15, 0.2) is 69.0 Å². The van der Waals surface area contributed by atoms with Crippen molar-refractivity contribution in [3.05, 3.63) is 71.0 Å². The molecule has 5 rings (SSSR count). The van der Waals surface area contributed by atoms with E-state index in [4.69, 9.17) is 4.42 Å². The Bertz CT molecular complexity index is 1230. The summed E-state index contributed by atoms with van der Waals surface area (Å²) in [6.07, 6.45) is 11.6. The van der Waals surface area contributed by atoms with Crippen LogP contribution in [0.4, 0.5) is 0 Å². The van der Waals surface area contributed by atoms with Gasteiger partial charge in [0, 0.05) is 32.3 Å². The first kappa shape index (κ1) is 20.6. The number of oxazole rings is 1. The van der Waals surface area contributed by atoms with Crippen LogP contribution in [0.3, 0.4) is 0 Å². The normalized spacial score (nSPS) is 22.0. The second-order valence-corrected chi connectivity index (χ2v) is 8.63. The molecule has 1 amide bonds. The van der Waals surface area contributed by atoms with Crippen molar-refractivity contribution in [3.63, 3.8) is 0 Å². The van der Waals surface area contributed by atoms with Crippen LogP contribution in [-0.4, -0.2) is 46.5 Å². The molecule has 3 aliphatic heterocycles. The van der Waals surface area contributed by atoms with E-state index in [-0.39, 0.29) is 11.8 Å². The number of rotatable bonds is 3. The third kappa shape index (κ3) is 3.86. The summed E-state index contributed by atoms with van der Waals surface area (Å²) in [7, 11) is 0. The number of nitrogens with zero attached hydrogens (tertiary/aromatic N) is 4. The van der Waals surface area contributed by atoms with Gasteiger partial charge >= 0.3 is 0 Å². The first-order valence-electron chi connectivity index (χ1n) is 11.3. The number of aryl methyl sites for hydroxylation is 1. The maximum atomic E-state index is 13.4. The van der Waals surface area contributed by atoms with Gasteiger partial charge in [0.25, 0.3) is 5.91 Å². The van der Waals surface area contributed by atoms with Gasteiger partial charge in [-0.1, -0.05) is 32.1 Å². The summed E-state index contributed by atoms with van der Waals surface area (Å²) in [4.78, 5) is 26.6. The van der Waals surface area contributed by atoms with Crippen molar-refractivity contribution in [1.29, 1.82) is 0 Å². The summed E-state index contributed by atoms with van der Waals surface area (Å²) in [6, 6.07) is 5.97. The van der Waals surface area contributed by atoms with E-state index in [2.05, 4.69) is 40.9 Å². The maximum absolute atomic E-state index is 13.4. The molecular formula is C26H28N4O2. The Balaban J connectivity index is 1.47. The Morgan fingerprint density at radius 1 is 1.25 bits per heavy atom. The van der Waals surface area contributed by atoms with Gasteiger partial charge in [0.15, 0.2) is 11.5 Å². The summed E-state index contributed by atoms with van der Waals surface area (Å²) < 4.78 is 5.72. The SMILES string of the molecule is CCN1CC=C(C2=CN3C(=O)C=C(c4ccc5nc(C)oc5c4)C(C)CC=C3C=N2)CC1. The second-order valence-electron chi connectivity index (χ2n) is 8.63. The molecule has 1 unspecified atom stereocenters. The van der Waals surface area contributed by atoms with E-state index >= 15 is 0 Å². The van der Waals surface area contributed by atoms with Gasteiger partial charge in [0.2, 0.25) is 0 Å². The van der Waals surface area contributed by atoms with Crippen molar-refractivity contribution in [1.82, 2.24) is 14.8 Å². The number of aliphatic imine (C=N–C) groups is 1. The molecule has 1 atom stereocenters. The molecule has 0 fully saturated rings. The van der Waals surface area contributed by atoms with Crippen LogP contribution < -0.4 is 0 Å². The summed E-state index contributed by atoms with van der Waals surface area (Å²) >= 11 is 0. The Morgan fingerprint density at radius 3 is 2.91 bits per heavy atom. The van der Waals surface area contributed by atoms with Gasteiger partial charge in [0.1, 0.15) is 5.52 Å². The lowest BCUT2D eigenvalue weighted by molar-refractivity contribution is -0.121. The lowest BCUT2D eigenvalue weighted by Crippen LogP contribution is -2.31. The highest BCUT2D eigenvalue weighted by Crippen LogP contribution is 2.33. The Kier molecular flexibility index (Phi) is 5.39. The number of benzene rings is 1. The molecule has 0 saturated heterocycles. The van der Waals surface area contributed by atoms with Crippen LogP contribution in [0.5, 0.6) is 0 Å². The van der Waals surface area contributed by atoms with E-state index in [0.717, 1.165) is 66.1 Å².